The summed E-state index contributed by atoms with van der Waals surface area (Å²) in [6.45, 7) is 2.48. The average Bonchev–Trinajstić information content (AvgIpc) is 2.98. The largest absolute Gasteiger partial charge is 0.462 e. The van der Waals surface area contributed by atoms with E-state index in [1.807, 2.05) is 0 Å². The van der Waals surface area contributed by atoms with E-state index in [1.54, 1.807) is 31.2 Å². The van der Waals surface area contributed by atoms with E-state index in [0.717, 1.165) is 25.7 Å². The highest BCUT2D eigenvalue weighted by molar-refractivity contribution is 5.96. The van der Waals surface area contributed by atoms with Gasteiger partial charge >= 0.3 is 5.97 Å². The Labute approximate surface area is 137 Å². The van der Waals surface area contributed by atoms with E-state index >= 15 is 0 Å². The second kappa shape index (κ2) is 8.15. The minimum atomic E-state index is -0.431. The van der Waals surface area contributed by atoms with Crippen LogP contribution < -0.4 is 11.1 Å². The molecule has 1 saturated carbocycles. The van der Waals surface area contributed by atoms with Crippen LogP contribution in [0.2, 0.25) is 0 Å². The van der Waals surface area contributed by atoms with Crippen LogP contribution in [0.15, 0.2) is 24.3 Å². The Morgan fingerprint density at radius 1 is 1.23 bits per heavy atom. The van der Waals surface area contributed by atoms with Crippen LogP contribution in [0.1, 0.15) is 43.0 Å². The van der Waals surface area contributed by atoms with E-state index < -0.39 is 5.41 Å². The molecule has 0 unspecified atom stereocenters. The summed E-state index contributed by atoms with van der Waals surface area (Å²) in [4.78, 5) is 24.0. The van der Waals surface area contributed by atoms with Crippen molar-refractivity contribution in [1.82, 2.24) is 0 Å². The smallest absolute Gasteiger partial charge is 0.338 e. The summed E-state index contributed by atoms with van der Waals surface area (Å²) in [5.41, 5.74) is 6.52. The summed E-state index contributed by atoms with van der Waals surface area (Å²) in [5.74, 6) is -0.379. The quantitative estimate of drug-likeness (QED) is 0.815. The monoisotopic (exact) mass is 326 g/mol. The molecule has 6 heteroatoms. The summed E-state index contributed by atoms with van der Waals surface area (Å²) in [7, 11) is 0. The number of rotatable bonds is 5. The van der Waals surface area contributed by atoms with Gasteiger partial charge < -0.3 is 15.8 Å². The van der Waals surface area contributed by atoms with Crippen LogP contribution >= 0.6 is 12.4 Å². The molecule has 0 aromatic heterocycles. The molecular weight excluding hydrogens is 304 g/mol. The summed E-state index contributed by atoms with van der Waals surface area (Å²) >= 11 is 0. The fourth-order valence-electron chi connectivity index (χ4n) is 2.74. The predicted molar refractivity (Wildman–Crippen MR) is 88.2 cm³/mol. The van der Waals surface area contributed by atoms with Crippen molar-refractivity contribution in [3.63, 3.8) is 0 Å². The number of amides is 1. The number of ether oxygens (including phenoxy) is 1. The van der Waals surface area contributed by atoms with Gasteiger partial charge in [-0.2, -0.15) is 0 Å². The Balaban J connectivity index is 0.00000242. The van der Waals surface area contributed by atoms with Crippen LogP contribution in [0, 0.1) is 5.41 Å². The molecule has 1 aromatic carbocycles. The van der Waals surface area contributed by atoms with E-state index in [0.29, 0.717) is 24.4 Å². The Morgan fingerprint density at radius 2 is 1.82 bits per heavy atom. The van der Waals surface area contributed by atoms with Gasteiger partial charge in [0, 0.05) is 12.2 Å². The molecule has 0 bridgehead atoms. The van der Waals surface area contributed by atoms with Gasteiger partial charge in [-0.3, -0.25) is 4.79 Å². The molecule has 1 fully saturated rings. The SMILES string of the molecule is CCOC(=O)c1ccc(NC(=O)C2(CN)CCCC2)cc1.Cl. The lowest BCUT2D eigenvalue weighted by atomic mass is 9.85. The molecule has 5 nitrogen and oxygen atoms in total. The van der Waals surface area contributed by atoms with Crippen LogP contribution in [0.25, 0.3) is 0 Å². The molecule has 1 aromatic rings. The summed E-state index contributed by atoms with van der Waals surface area (Å²) in [5, 5.41) is 2.90. The van der Waals surface area contributed by atoms with Crippen molar-refractivity contribution in [3.8, 4) is 0 Å². The highest BCUT2D eigenvalue weighted by atomic mass is 35.5. The first-order chi connectivity index (χ1) is 10.1. The van der Waals surface area contributed by atoms with E-state index in [1.165, 1.54) is 0 Å². The fraction of sp³-hybridized carbons (Fsp3) is 0.500. The standard InChI is InChI=1S/C16H22N2O3.ClH/c1-2-21-14(19)12-5-7-13(8-6-12)18-15(20)16(11-17)9-3-4-10-16;/h5-8H,2-4,9-11,17H2,1H3,(H,18,20);1H. The van der Waals surface area contributed by atoms with Crippen LogP contribution in [-0.4, -0.2) is 25.0 Å². The number of carbonyl (C=O) groups is 2. The second-order valence-electron chi connectivity index (χ2n) is 5.44. The fourth-order valence-corrected chi connectivity index (χ4v) is 2.74. The van der Waals surface area contributed by atoms with Gasteiger partial charge in [0.25, 0.3) is 0 Å². The van der Waals surface area contributed by atoms with Gasteiger partial charge in [-0.05, 0) is 44.0 Å². The number of nitrogens with one attached hydrogen (secondary N) is 1. The number of carbonyl (C=O) groups excluding carboxylic acids is 2. The van der Waals surface area contributed by atoms with Crippen LogP contribution in [-0.2, 0) is 9.53 Å². The van der Waals surface area contributed by atoms with Gasteiger partial charge in [0.15, 0.2) is 0 Å². The van der Waals surface area contributed by atoms with Crippen molar-refractivity contribution in [3.05, 3.63) is 29.8 Å². The number of benzene rings is 1. The molecule has 0 atom stereocenters. The zero-order valence-electron chi connectivity index (χ0n) is 12.8. The maximum absolute atomic E-state index is 12.4. The molecule has 0 radical (unpaired) electrons. The maximum Gasteiger partial charge on any atom is 0.338 e. The summed E-state index contributed by atoms with van der Waals surface area (Å²) in [6.07, 6.45) is 3.78. The van der Waals surface area contributed by atoms with E-state index in [2.05, 4.69) is 5.32 Å². The Kier molecular flexibility index (Phi) is 6.84. The van der Waals surface area contributed by atoms with Crippen molar-refractivity contribution in [2.24, 2.45) is 11.1 Å². The third-order valence-electron chi connectivity index (χ3n) is 4.09. The molecule has 0 aliphatic heterocycles. The molecule has 0 spiro atoms. The van der Waals surface area contributed by atoms with Gasteiger partial charge in [-0.15, -0.1) is 12.4 Å². The lowest BCUT2D eigenvalue weighted by molar-refractivity contribution is -0.124. The van der Waals surface area contributed by atoms with Crippen molar-refractivity contribution in [2.75, 3.05) is 18.5 Å². The van der Waals surface area contributed by atoms with Crippen LogP contribution in [0.5, 0.6) is 0 Å². The predicted octanol–water partition coefficient (Wildman–Crippen LogP) is 2.74. The first-order valence-corrected chi connectivity index (χ1v) is 7.40. The van der Waals surface area contributed by atoms with Gasteiger partial charge in [-0.1, -0.05) is 12.8 Å². The number of anilines is 1. The number of halogens is 1. The maximum atomic E-state index is 12.4. The summed E-state index contributed by atoms with van der Waals surface area (Å²) < 4.78 is 4.92. The number of hydrogen-bond acceptors (Lipinski definition) is 4. The van der Waals surface area contributed by atoms with Gasteiger partial charge in [0.1, 0.15) is 0 Å². The number of esters is 1. The normalized spacial score (nSPS) is 15.7. The topological polar surface area (TPSA) is 81.4 Å². The third-order valence-corrected chi connectivity index (χ3v) is 4.09. The van der Waals surface area contributed by atoms with Gasteiger partial charge in [0.2, 0.25) is 5.91 Å². The lowest BCUT2D eigenvalue weighted by Crippen LogP contribution is -2.40. The molecule has 22 heavy (non-hydrogen) atoms. The molecule has 1 aliphatic carbocycles. The Morgan fingerprint density at radius 3 is 2.32 bits per heavy atom. The zero-order valence-corrected chi connectivity index (χ0v) is 13.6. The van der Waals surface area contributed by atoms with Crippen molar-refractivity contribution < 1.29 is 14.3 Å². The van der Waals surface area contributed by atoms with Crippen LogP contribution in [0.3, 0.4) is 0 Å². The molecule has 1 aliphatic rings. The van der Waals surface area contributed by atoms with Gasteiger partial charge in [0.05, 0.1) is 17.6 Å². The van der Waals surface area contributed by atoms with E-state index in [9.17, 15) is 9.59 Å². The van der Waals surface area contributed by atoms with Crippen molar-refractivity contribution >= 4 is 30.0 Å². The minimum Gasteiger partial charge on any atom is -0.462 e. The molecule has 2 rings (SSSR count). The molecule has 1 amide bonds. The summed E-state index contributed by atoms with van der Waals surface area (Å²) in [6, 6.07) is 6.72. The van der Waals surface area contributed by atoms with Crippen molar-refractivity contribution in [2.45, 2.75) is 32.6 Å². The molecular formula is C16H23ClN2O3. The number of hydrogen-bond donors (Lipinski definition) is 2. The van der Waals surface area contributed by atoms with Crippen molar-refractivity contribution in [1.29, 1.82) is 0 Å². The average molecular weight is 327 g/mol. The van der Waals surface area contributed by atoms with E-state index in [4.69, 9.17) is 10.5 Å². The highest BCUT2D eigenvalue weighted by Gasteiger charge is 2.39. The zero-order chi connectivity index (χ0) is 15.3. The second-order valence-corrected chi connectivity index (χ2v) is 5.44. The Bertz CT molecular complexity index is 511. The molecule has 122 valence electrons. The molecule has 0 saturated heterocycles. The van der Waals surface area contributed by atoms with Gasteiger partial charge in [-0.25, -0.2) is 4.79 Å². The first-order valence-electron chi connectivity index (χ1n) is 7.40. The Hall–Kier alpha value is -1.59. The number of nitrogens with two attached hydrogens (primary N) is 1. The van der Waals surface area contributed by atoms with Crippen LogP contribution in [0.4, 0.5) is 5.69 Å². The third kappa shape index (κ3) is 3.99. The highest BCUT2D eigenvalue weighted by Crippen LogP contribution is 2.38. The molecule has 0 heterocycles. The van der Waals surface area contributed by atoms with E-state index in [-0.39, 0.29) is 24.3 Å². The minimum absolute atomic E-state index is 0. The lowest BCUT2D eigenvalue weighted by Gasteiger charge is -2.25. The molecule has 3 N–H and O–H groups in total. The first kappa shape index (κ1) is 18.5.